The number of hydrogen-bond acceptors (Lipinski definition) is 4. The summed E-state index contributed by atoms with van der Waals surface area (Å²) in [7, 11) is 2.92. The van der Waals surface area contributed by atoms with Gasteiger partial charge < -0.3 is 14.4 Å². The number of amides is 1. The lowest BCUT2D eigenvalue weighted by Crippen LogP contribution is -2.42. The maximum absolute atomic E-state index is 12.6. The number of rotatable bonds is 7. The lowest BCUT2D eigenvalue weighted by Gasteiger charge is -2.26. The SMILES string of the molecule is COC(=O)[C@@H](C)N(C)C(=O)C(C)c1ccc(OCc2ccccc2)cc1. The largest absolute Gasteiger partial charge is 0.489 e. The van der Waals surface area contributed by atoms with Crippen molar-refractivity contribution in [2.45, 2.75) is 32.4 Å². The Bertz CT molecular complexity index is 727. The fourth-order valence-electron chi connectivity index (χ4n) is 2.56. The molecule has 0 aliphatic carbocycles. The highest BCUT2D eigenvalue weighted by Gasteiger charge is 2.27. The number of nitrogens with zero attached hydrogens (tertiary/aromatic N) is 1. The van der Waals surface area contributed by atoms with E-state index in [9.17, 15) is 9.59 Å². The highest BCUT2D eigenvalue weighted by Crippen LogP contribution is 2.22. The van der Waals surface area contributed by atoms with E-state index in [1.807, 2.05) is 61.5 Å². The molecule has 0 radical (unpaired) electrons. The summed E-state index contributed by atoms with van der Waals surface area (Å²) in [6.07, 6.45) is 0. The van der Waals surface area contributed by atoms with Crippen LogP contribution in [0.25, 0.3) is 0 Å². The van der Waals surface area contributed by atoms with Crippen molar-refractivity contribution in [3.05, 3.63) is 65.7 Å². The average Bonchev–Trinajstić information content (AvgIpc) is 2.70. The van der Waals surface area contributed by atoms with E-state index in [-0.39, 0.29) is 11.8 Å². The van der Waals surface area contributed by atoms with Crippen LogP contribution in [-0.4, -0.2) is 37.0 Å². The first-order chi connectivity index (χ1) is 12.4. The molecule has 5 heteroatoms. The third-order valence-electron chi connectivity index (χ3n) is 4.47. The highest BCUT2D eigenvalue weighted by atomic mass is 16.5. The zero-order valence-electron chi connectivity index (χ0n) is 15.6. The molecule has 0 saturated carbocycles. The van der Waals surface area contributed by atoms with Crippen molar-refractivity contribution in [3.8, 4) is 5.75 Å². The molecule has 2 aromatic carbocycles. The molecule has 138 valence electrons. The summed E-state index contributed by atoms with van der Waals surface area (Å²) < 4.78 is 10.5. The van der Waals surface area contributed by atoms with Crippen LogP contribution in [0.15, 0.2) is 54.6 Å². The molecule has 0 fully saturated rings. The normalized spacial score (nSPS) is 12.8. The van der Waals surface area contributed by atoms with Crippen LogP contribution in [-0.2, 0) is 20.9 Å². The minimum atomic E-state index is -0.622. The van der Waals surface area contributed by atoms with Gasteiger partial charge in [0.2, 0.25) is 5.91 Å². The van der Waals surface area contributed by atoms with Crippen molar-refractivity contribution < 1.29 is 19.1 Å². The molecule has 0 spiro atoms. The first-order valence-electron chi connectivity index (χ1n) is 8.55. The van der Waals surface area contributed by atoms with Crippen molar-refractivity contribution in [1.82, 2.24) is 4.90 Å². The Labute approximate surface area is 154 Å². The number of carbonyl (C=O) groups excluding carboxylic acids is 2. The molecule has 2 atom stereocenters. The topological polar surface area (TPSA) is 55.8 Å². The number of carbonyl (C=O) groups is 2. The molecule has 0 N–H and O–H groups in total. The van der Waals surface area contributed by atoms with E-state index >= 15 is 0 Å². The number of benzene rings is 2. The standard InChI is InChI=1S/C21H25NO4/c1-15(20(23)22(3)16(2)21(24)25-4)18-10-12-19(13-11-18)26-14-17-8-6-5-7-9-17/h5-13,15-16H,14H2,1-4H3/t15?,16-/m1/s1. The van der Waals surface area contributed by atoms with E-state index in [1.54, 1.807) is 14.0 Å². The van der Waals surface area contributed by atoms with Gasteiger partial charge in [0.05, 0.1) is 13.0 Å². The predicted molar refractivity (Wildman–Crippen MR) is 99.9 cm³/mol. The maximum Gasteiger partial charge on any atom is 0.328 e. The number of esters is 1. The van der Waals surface area contributed by atoms with Gasteiger partial charge in [-0.25, -0.2) is 4.79 Å². The second-order valence-corrected chi connectivity index (χ2v) is 6.21. The Balaban J connectivity index is 1.98. The average molecular weight is 355 g/mol. The van der Waals surface area contributed by atoms with Crippen LogP contribution in [0.3, 0.4) is 0 Å². The minimum absolute atomic E-state index is 0.138. The first kappa shape index (κ1) is 19.5. The Morgan fingerprint density at radius 1 is 1.00 bits per heavy atom. The summed E-state index contributed by atoms with van der Waals surface area (Å²) >= 11 is 0. The van der Waals surface area contributed by atoms with Gasteiger partial charge in [-0.05, 0) is 37.1 Å². The fourth-order valence-corrected chi connectivity index (χ4v) is 2.56. The fraction of sp³-hybridized carbons (Fsp3) is 0.333. The summed E-state index contributed by atoms with van der Waals surface area (Å²) in [5, 5.41) is 0. The van der Waals surface area contributed by atoms with Crippen molar-refractivity contribution in [2.75, 3.05) is 14.2 Å². The molecule has 26 heavy (non-hydrogen) atoms. The van der Waals surface area contributed by atoms with Gasteiger partial charge in [-0.1, -0.05) is 42.5 Å². The van der Waals surface area contributed by atoms with Gasteiger partial charge in [0.25, 0.3) is 0 Å². The zero-order valence-corrected chi connectivity index (χ0v) is 15.6. The molecule has 0 bridgehead atoms. The van der Waals surface area contributed by atoms with Crippen LogP contribution in [0.5, 0.6) is 5.75 Å². The van der Waals surface area contributed by atoms with Crippen LogP contribution in [0.4, 0.5) is 0 Å². The van der Waals surface area contributed by atoms with Gasteiger partial charge in [0.15, 0.2) is 0 Å². The minimum Gasteiger partial charge on any atom is -0.489 e. The van der Waals surface area contributed by atoms with Crippen LogP contribution < -0.4 is 4.74 Å². The predicted octanol–water partition coefficient (Wildman–Crippen LogP) is 3.39. The van der Waals surface area contributed by atoms with Crippen LogP contribution >= 0.6 is 0 Å². The van der Waals surface area contributed by atoms with Gasteiger partial charge in [-0.15, -0.1) is 0 Å². The molecular formula is C21H25NO4. The summed E-state index contributed by atoms with van der Waals surface area (Å²) in [5.41, 5.74) is 1.96. The van der Waals surface area contributed by atoms with E-state index in [4.69, 9.17) is 9.47 Å². The van der Waals surface area contributed by atoms with E-state index in [0.717, 1.165) is 16.9 Å². The molecule has 2 rings (SSSR count). The molecule has 0 aliphatic rings. The van der Waals surface area contributed by atoms with Gasteiger partial charge in [-0.2, -0.15) is 0 Å². The Kier molecular flexibility index (Phi) is 6.78. The second kappa shape index (κ2) is 9.04. The lowest BCUT2D eigenvalue weighted by atomic mass is 9.99. The number of hydrogen-bond donors (Lipinski definition) is 0. The van der Waals surface area contributed by atoms with Crippen LogP contribution in [0.2, 0.25) is 0 Å². The van der Waals surface area contributed by atoms with Crippen molar-refractivity contribution in [3.63, 3.8) is 0 Å². The number of methoxy groups -OCH3 is 1. The van der Waals surface area contributed by atoms with E-state index < -0.39 is 12.0 Å². The Morgan fingerprint density at radius 3 is 2.19 bits per heavy atom. The molecule has 0 aliphatic heterocycles. The quantitative estimate of drug-likeness (QED) is 0.715. The highest BCUT2D eigenvalue weighted by molar-refractivity contribution is 5.88. The molecule has 2 aromatic rings. The second-order valence-electron chi connectivity index (χ2n) is 6.21. The molecule has 0 heterocycles. The smallest absolute Gasteiger partial charge is 0.328 e. The lowest BCUT2D eigenvalue weighted by molar-refractivity contribution is -0.151. The van der Waals surface area contributed by atoms with Crippen molar-refractivity contribution in [2.24, 2.45) is 0 Å². The molecule has 0 aromatic heterocycles. The summed E-state index contributed by atoms with van der Waals surface area (Å²) in [5.74, 6) is -0.192. The van der Waals surface area contributed by atoms with Gasteiger partial charge >= 0.3 is 5.97 Å². The third-order valence-corrected chi connectivity index (χ3v) is 4.47. The summed E-state index contributed by atoms with van der Waals surface area (Å²) in [6, 6.07) is 16.8. The number of likely N-dealkylation sites (N-methyl/N-ethyl adjacent to an activating group) is 1. The summed E-state index contributed by atoms with van der Waals surface area (Å²) in [4.78, 5) is 25.6. The van der Waals surface area contributed by atoms with Gasteiger partial charge in [-0.3, -0.25) is 4.79 Å². The monoisotopic (exact) mass is 355 g/mol. The number of ether oxygens (including phenoxy) is 2. The molecular weight excluding hydrogens is 330 g/mol. The van der Waals surface area contributed by atoms with E-state index in [1.165, 1.54) is 12.0 Å². The third kappa shape index (κ3) is 4.85. The van der Waals surface area contributed by atoms with Gasteiger partial charge in [0.1, 0.15) is 18.4 Å². The Hall–Kier alpha value is -2.82. The van der Waals surface area contributed by atoms with Crippen molar-refractivity contribution >= 4 is 11.9 Å². The zero-order chi connectivity index (χ0) is 19.1. The van der Waals surface area contributed by atoms with Crippen molar-refractivity contribution in [1.29, 1.82) is 0 Å². The summed E-state index contributed by atoms with van der Waals surface area (Å²) in [6.45, 7) is 3.97. The maximum atomic E-state index is 12.6. The van der Waals surface area contributed by atoms with Crippen LogP contribution in [0, 0.1) is 0 Å². The Morgan fingerprint density at radius 2 is 1.62 bits per heavy atom. The first-order valence-corrected chi connectivity index (χ1v) is 8.55. The molecule has 1 unspecified atom stereocenters. The van der Waals surface area contributed by atoms with Gasteiger partial charge in [0, 0.05) is 7.05 Å². The van der Waals surface area contributed by atoms with E-state index in [2.05, 4.69) is 0 Å². The molecule has 1 amide bonds. The molecule has 5 nitrogen and oxygen atoms in total. The molecule has 0 saturated heterocycles. The van der Waals surface area contributed by atoms with Crippen LogP contribution in [0.1, 0.15) is 30.9 Å². The van der Waals surface area contributed by atoms with E-state index in [0.29, 0.717) is 6.61 Å².